The Bertz CT molecular complexity index is 2080. The van der Waals surface area contributed by atoms with Crippen molar-refractivity contribution >= 4 is 89.8 Å². The molecule has 4 rings (SSSR count). The molecule has 0 unspecified atom stereocenters. The molecule has 0 aromatic heterocycles. The number of nitrogens with two attached hydrogens (primary N) is 1. The second-order valence-electron chi connectivity index (χ2n) is 18.4. The Morgan fingerprint density at radius 2 is 0.797 bits per heavy atom. The summed E-state index contributed by atoms with van der Waals surface area (Å²) in [5, 5.41) is 26.0. The zero-order valence-corrected chi connectivity index (χ0v) is 49.0. The second-order valence-corrected chi connectivity index (χ2v) is 19.3. The van der Waals surface area contributed by atoms with Crippen molar-refractivity contribution in [3.8, 4) is 0 Å². The van der Waals surface area contributed by atoms with Gasteiger partial charge in [0.2, 0.25) is 0 Å². The van der Waals surface area contributed by atoms with Crippen LogP contribution in [0.2, 0.25) is 0 Å². The highest BCUT2D eigenvalue weighted by molar-refractivity contribution is 15.0. The number of hydrogen-bond donors (Lipinski definition) is 6. The van der Waals surface area contributed by atoms with Gasteiger partial charge in [-0.3, -0.25) is 0 Å². The number of nitrogens with one attached hydrogen (secondary N) is 3. The van der Waals surface area contributed by atoms with Crippen LogP contribution in [-0.4, -0.2) is 58.4 Å². The van der Waals surface area contributed by atoms with Crippen LogP contribution < -0.4 is 21.7 Å². The molecule has 18 heteroatoms. The van der Waals surface area contributed by atoms with Crippen LogP contribution >= 0.6 is 65.6 Å². The minimum atomic E-state index is -0.529. The first-order chi connectivity index (χ1) is 31.6. The molecule has 7 N–H and O–H groups in total. The number of carbonyl (C=O) groups excluding carboxylic acids is 4. The van der Waals surface area contributed by atoms with Crippen molar-refractivity contribution in [2.75, 3.05) is 7.11 Å². The zero-order valence-electron chi connectivity index (χ0n) is 42.2. The molecule has 0 bridgehead atoms. The number of aliphatic hydroxyl groups is 2. The topological polar surface area (TPSA) is 208 Å². The Kier molecular flexibility index (Phi) is 33.0. The third kappa shape index (κ3) is 31.3. The van der Waals surface area contributed by atoms with Gasteiger partial charge in [-0.2, -0.15) is 0 Å². The van der Waals surface area contributed by atoms with E-state index in [4.69, 9.17) is 30.2 Å². The maximum Gasteiger partial charge on any atom is 0.408 e. The SMILES string of the molecule is COC(=O)c1ccc([C@@H](C)NC(=O)OC(C)(C)C)cc1.C[C@@H](N)c1ccc(CO)cc1.C[C@@H](NC(=O)OC(C)(C)C)c1ccc(Br)cc1.C[C@@H](NC(=O)OC(C)(C)C)c1ccc(CO)cc1.Cl.II. The highest BCUT2D eigenvalue weighted by Gasteiger charge is 2.21. The van der Waals surface area contributed by atoms with E-state index >= 15 is 0 Å². The van der Waals surface area contributed by atoms with Crippen molar-refractivity contribution in [1.29, 1.82) is 0 Å². The van der Waals surface area contributed by atoms with Crippen LogP contribution in [0, 0.1) is 0 Å². The molecule has 4 aromatic carbocycles. The minimum absolute atomic E-state index is 0. The van der Waals surface area contributed by atoms with Gasteiger partial charge in [0.25, 0.3) is 0 Å². The van der Waals surface area contributed by atoms with Gasteiger partial charge in [0.1, 0.15) is 16.8 Å². The molecule has 0 spiro atoms. The second kappa shape index (κ2) is 33.8. The quantitative estimate of drug-likeness (QED) is 0.0500. The lowest BCUT2D eigenvalue weighted by atomic mass is 10.1. The zero-order chi connectivity index (χ0) is 52.4. The number of benzene rings is 4. The van der Waals surface area contributed by atoms with Crippen LogP contribution in [0.4, 0.5) is 14.4 Å². The third-order valence-electron chi connectivity index (χ3n) is 8.75. The van der Waals surface area contributed by atoms with Crippen LogP contribution in [0.1, 0.15) is 158 Å². The van der Waals surface area contributed by atoms with Crippen molar-refractivity contribution in [2.45, 2.75) is 144 Å². The molecule has 0 heterocycles. The smallest absolute Gasteiger partial charge is 0.408 e. The standard InChI is InChI=1S/C15H21NO4.C14H21NO3.C13H18BrNO2.C9H13NO.ClH.I2/c1-10(16-14(18)20-15(2,3)4)11-6-8-12(9-7-11)13(17)19-5;1-10(15-13(17)18-14(2,3)4)12-7-5-11(9-16)6-8-12;1-9(10-5-7-11(14)8-6-10)15-12(16)17-13(2,3)4;1-7(10)9-4-2-8(6-11)3-5-9;;1-2/h6-10H,1-5H3,(H,16,18);5-8,10,16H,9H2,1-4H3,(H,15,17);5-9H,1-4H3,(H,15,16);2-5,7,11H,6,10H2,1H3;1H;/t2*10-;9-;7-;;/m1111../s1. The van der Waals surface area contributed by atoms with E-state index in [0.29, 0.717) is 5.56 Å². The highest BCUT2D eigenvalue weighted by Crippen LogP contribution is 2.19. The number of aliphatic hydroxyl groups excluding tert-OH is 2. The van der Waals surface area contributed by atoms with Crippen molar-refractivity contribution in [1.82, 2.24) is 16.0 Å². The Morgan fingerprint density at radius 3 is 1.04 bits per heavy atom. The van der Waals surface area contributed by atoms with E-state index in [9.17, 15) is 19.2 Å². The molecule has 0 aliphatic rings. The molecule has 4 atom stereocenters. The van der Waals surface area contributed by atoms with Crippen molar-refractivity contribution in [3.63, 3.8) is 0 Å². The van der Waals surface area contributed by atoms with Gasteiger partial charge in [0.15, 0.2) is 0 Å². The van der Waals surface area contributed by atoms with Gasteiger partial charge >= 0.3 is 24.2 Å². The average molecular weight is 1270 g/mol. The Balaban J connectivity index is 0. The van der Waals surface area contributed by atoms with Gasteiger partial charge in [0, 0.05) is 47.7 Å². The molecule has 386 valence electrons. The number of hydrogen-bond acceptors (Lipinski definition) is 11. The number of rotatable bonds is 10. The van der Waals surface area contributed by atoms with E-state index in [-0.39, 0.29) is 55.8 Å². The van der Waals surface area contributed by atoms with E-state index in [0.717, 1.165) is 37.9 Å². The largest absolute Gasteiger partial charge is 0.465 e. The van der Waals surface area contributed by atoms with Crippen molar-refractivity contribution < 1.29 is 48.3 Å². The molecular weight excluding hydrogens is 1200 g/mol. The predicted molar refractivity (Wildman–Crippen MR) is 298 cm³/mol. The van der Waals surface area contributed by atoms with Gasteiger partial charge in [-0.1, -0.05) is 88.7 Å². The lowest BCUT2D eigenvalue weighted by Crippen LogP contribution is -2.34. The Labute approximate surface area is 448 Å². The molecule has 4 aromatic rings. The average Bonchev–Trinajstić information content (AvgIpc) is 3.25. The first-order valence-electron chi connectivity index (χ1n) is 21.8. The Morgan fingerprint density at radius 1 is 0.536 bits per heavy atom. The van der Waals surface area contributed by atoms with Crippen LogP contribution in [0.15, 0.2) is 102 Å². The molecule has 0 saturated carbocycles. The van der Waals surface area contributed by atoms with E-state index in [1.807, 2.05) is 163 Å². The third-order valence-corrected chi connectivity index (χ3v) is 9.28. The number of carbonyl (C=O) groups is 4. The van der Waals surface area contributed by atoms with E-state index in [1.165, 1.54) is 7.11 Å². The van der Waals surface area contributed by atoms with Crippen LogP contribution in [0.25, 0.3) is 0 Å². The molecular formula is C51H74BrClI2N4O10. The van der Waals surface area contributed by atoms with Gasteiger partial charge in [-0.05, 0) is 148 Å². The summed E-state index contributed by atoms with van der Waals surface area (Å²) in [4.78, 5) is 46.1. The van der Waals surface area contributed by atoms with Crippen LogP contribution in [0.5, 0.6) is 0 Å². The maximum atomic E-state index is 11.7. The summed E-state index contributed by atoms with van der Waals surface area (Å²) in [5.41, 5.74) is 10.4. The summed E-state index contributed by atoms with van der Waals surface area (Å²) in [7, 11) is 1.34. The molecule has 14 nitrogen and oxygen atoms in total. The highest BCUT2D eigenvalue weighted by atomic mass is 128. The summed E-state index contributed by atoms with van der Waals surface area (Å²) in [6, 6.07) is 29.4. The lowest BCUT2D eigenvalue weighted by molar-refractivity contribution is 0.0496. The fraction of sp³-hybridized carbons (Fsp3) is 0.451. The number of alkyl carbamates (subject to hydrolysis) is 3. The summed E-state index contributed by atoms with van der Waals surface area (Å²) in [6.07, 6.45) is -1.30. The monoisotopic (exact) mass is 1270 g/mol. The van der Waals surface area contributed by atoms with Crippen LogP contribution in [0.3, 0.4) is 0 Å². The summed E-state index contributed by atoms with van der Waals surface area (Å²) in [6.45, 7) is 24.1. The number of ether oxygens (including phenoxy) is 4. The summed E-state index contributed by atoms with van der Waals surface area (Å²) in [5.74, 6) is -0.385. The summed E-state index contributed by atoms with van der Waals surface area (Å²) < 4.78 is 21.2. The fourth-order valence-corrected chi connectivity index (χ4v) is 5.58. The molecule has 0 aliphatic heterocycles. The normalized spacial score (nSPS) is 12.3. The minimum Gasteiger partial charge on any atom is -0.465 e. The lowest BCUT2D eigenvalue weighted by Gasteiger charge is -2.22. The number of esters is 1. The van der Waals surface area contributed by atoms with E-state index < -0.39 is 35.1 Å². The van der Waals surface area contributed by atoms with Crippen LogP contribution in [-0.2, 0) is 32.2 Å². The number of methoxy groups -OCH3 is 1. The Hall–Kier alpha value is -3.73. The molecule has 0 aliphatic carbocycles. The van der Waals surface area contributed by atoms with E-state index in [2.05, 4.69) is 73.8 Å². The number of amides is 3. The maximum absolute atomic E-state index is 11.7. The van der Waals surface area contributed by atoms with Gasteiger partial charge in [-0.25, -0.2) is 19.2 Å². The number of halogens is 4. The summed E-state index contributed by atoms with van der Waals surface area (Å²) >= 11 is 7.61. The molecule has 0 fully saturated rings. The first-order valence-corrected chi connectivity index (χ1v) is 28.9. The van der Waals surface area contributed by atoms with Crippen molar-refractivity contribution in [3.05, 3.63) is 140 Å². The van der Waals surface area contributed by atoms with Gasteiger partial charge in [0.05, 0.1) is 44.0 Å². The predicted octanol–water partition coefficient (Wildman–Crippen LogP) is 13.3. The van der Waals surface area contributed by atoms with Gasteiger partial charge < -0.3 is 50.8 Å². The van der Waals surface area contributed by atoms with Crippen molar-refractivity contribution in [2.24, 2.45) is 5.73 Å². The fourth-order valence-electron chi connectivity index (χ4n) is 5.32. The van der Waals surface area contributed by atoms with E-state index in [1.54, 1.807) is 24.3 Å². The first kappa shape index (κ1) is 67.3. The molecule has 3 amide bonds. The molecule has 0 saturated heterocycles. The molecule has 69 heavy (non-hydrogen) atoms. The van der Waals surface area contributed by atoms with Gasteiger partial charge in [-0.15, -0.1) is 12.4 Å². The molecule has 0 radical (unpaired) electrons.